The Hall–Kier alpha value is -2.64. The molecule has 28 heavy (non-hydrogen) atoms. The van der Waals surface area contributed by atoms with Gasteiger partial charge in [0, 0.05) is 0 Å². The SMILES string of the molecule is COc1ccc(C2CC(c3ccc(Cl)c(Cl)c3)Nc3nc(N)nn32)cc1OC. The number of hydrogen-bond donors (Lipinski definition) is 2. The summed E-state index contributed by atoms with van der Waals surface area (Å²) in [7, 11) is 3.22. The molecule has 9 heteroatoms. The quantitative estimate of drug-likeness (QED) is 0.654. The minimum Gasteiger partial charge on any atom is -0.493 e. The van der Waals surface area contributed by atoms with Gasteiger partial charge >= 0.3 is 0 Å². The summed E-state index contributed by atoms with van der Waals surface area (Å²) in [6.45, 7) is 0. The van der Waals surface area contributed by atoms with Crippen molar-refractivity contribution >= 4 is 35.1 Å². The van der Waals surface area contributed by atoms with Gasteiger partial charge in [0.05, 0.1) is 36.3 Å². The summed E-state index contributed by atoms with van der Waals surface area (Å²) < 4.78 is 12.6. The molecule has 2 aromatic carbocycles. The molecule has 1 aliphatic rings. The van der Waals surface area contributed by atoms with E-state index in [1.165, 1.54) is 0 Å². The van der Waals surface area contributed by atoms with E-state index in [0.29, 0.717) is 33.9 Å². The predicted octanol–water partition coefficient (Wildman–Crippen LogP) is 4.33. The van der Waals surface area contributed by atoms with Gasteiger partial charge in [0.2, 0.25) is 11.9 Å². The maximum Gasteiger partial charge on any atom is 0.241 e. The first-order valence-electron chi connectivity index (χ1n) is 8.65. The van der Waals surface area contributed by atoms with Crippen LogP contribution in [0.4, 0.5) is 11.9 Å². The van der Waals surface area contributed by atoms with Crippen molar-refractivity contribution in [2.75, 3.05) is 25.3 Å². The molecular formula is C19H19Cl2N5O2. The van der Waals surface area contributed by atoms with Gasteiger partial charge in [-0.15, -0.1) is 5.10 Å². The van der Waals surface area contributed by atoms with Gasteiger partial charge in [-0.3, -0.25) is 0 Å². The van der Waals surface area contributed by atoms with Crippen molar-refractivity contribution in [1.82, 2.24) is 14.8 Å². The van der Waals surface area contributed by atoms with E-state index in [4.69, 9.17) is 38.4 Å². The molecule has 2 atom stereocenters. The van der Waals surface area contributed by atoms with E-state index in [0.717, 1.165) is 11.1 Å². The summed E-state index contributed by atoms with van der Waals surface area (Å²) in [4.78, 5) is 4.32. The van der Waals surface area contributed by atoms with E-state index >= 15 is 0 Å². The lowest BCUT2D eigenvalue weighted by Crippen LogP contribution is -2.28. The van der Waals surface area contributed by atoms with Crippen molar-refractivity contribution in [1.29, 1.82) is 0 Å². The fourth-order valence-corrected chi connectivity index (χ4v) is 3.79. The lowest BCUT2D eigenvalue weighted by atomic mass is 9.93. The van der Waals surface area contributed by atoms with Crippen LogP contribution in [0.3, 0.4) is 0 Å². The number of aromatic nitrogens is 3. The van der Waals surface area contributed by atoms with Gasteiger partial charge in [0.15, 0.2) is 11.5 Å². The Morgan fingerprint density at radius 3 is 2.50 bits per heavy atom. The van der Waals surface area contributed by atoms with E-state index in [1.54, 1.807) is 25.0 Å². The molecule has 1 aromatic heterocycles. The average Bonchev–Trinajstić information content (AvgIpc) is 3.08. The third-order valence-corrected chi connectivity index (χ3v) is 5.58. The van der Waals surface area contributed by atoms with Crippen molar-refractivity contribution in [2.24, 2.45) is 0 Å². The van der Waals surface area contributed by atoms with Crippen molar-refractivity contribution < 1.29 is 9.47 Å². The number of ether oxygens (including phenoxy) is 2. The monoisotopic (exact) mass is 419 g/mol. The van der Waals surface area contributed by atoms with E-state index in [9.17, 15) is 0 Å². The number of nitrogens with two attached hydrogens (primary N) is 1. The van der Waals surface area contributed by atoms with Crippen LogP contribution in [0, 0.1) is 0 Å². The van der Waals surface area contributed by atoms with Gasteiger partial charge < -0.3 is 20.5 Å². The highest BCUT2D eigenvalue weighted by molar-refractivity contribution is 6.42. The molecule has 0 saturated heterocycles. The Morgan fingerprint density at radius 1 is 1.04 bits per heavy atom. The second-order valence-corrected chi connectivity index (χ2v) is 7.29. The van der Waals surface area contributed by atoms with Crippen LogP contribution in [0.2, 0.25) is 10.0 Å². The zero-order valence-corrected chi connectivity index (χ0v) is 16.8. The van der Waals surface area contributed by atoms with E-state index in [-0.39, 0.29) is 18.0 Å². The highest BCUT2D eigenvalue weighted by Crippen LogP contribution is 2.41. The number of nitrogens with zero attached hydrogens (tertiary/aromatic N) is 3. The van der Waals surface area contributed by atoms with Crippen molar-refractivity contribution in [3.05, 3.63) is 57.6 Å². The molecule has 7 nitrogen and oxygen atoms in total. The van der Waals surface area contributed by atoms with E-state index in [1.807, 2.05) is 30.3 Å². The first-order valence-corrected chi connectivity index (χ1v) is 9.41. The second kappa shape index (κ2) is 7.41. The summed E-state index contributed by atoms with van der Waals surface area (Å²) in [5, 5.41) is 8.78. The Morgan fingerprint density at radius 2 is 1.79 bits per heavy atom. The van der Waals surface area contributed by atoms with E-state index < -0.39 is 0 Å². The van der Waals surface area contributed by atoms with Gasteiger partial charge in [-0.05, 0) is 41.8 Å². The molecule has 3 N–H and O–H groups in total. The minimum absolute atomic E-state index is 0.0380. The lowest BCUT2D eigenvalue weighted by Gasteiger charge is -2.32. The Bertz CT molecular complexity index is 1020. The van der Waals surface area contributed by atoms with Crippen LogP contribution in [0.1, 0.15) is 29.6 Å². The van der Waals surface area contributed by atoms with Crippen molar-refractivity contribution in [3.8, 4) is 11.5 Å². The highest BCUT2D eigenvalue weighted by atomic mass is 35.5. The van der Waals surface area contributed by atoms with E-state index in [2.05, 4.69) is 15.4 Å². The molecule has 0 radical (unpaired) electrons. The maximum atomic E-state index is 6.22. The zero-order valence-electron chi connectivity index (χ0n) is 15.3. The van der Waals surface area contributed by atoms with Gasteiger partial charge in [-0.2, -0.15) is 4.98 Å². The lowest BCUT2D eigenvalue weighted by molar-refractivity contribution is 0.352. The predicted molar refractivity (Wildman–Crippen MR) is 110 cm³/mol. The number of halogens is 2. The largest absolute Gasteiger partial charge is 0.493 e. The fourth-order valence-electron chi connectivity index (χ4n) is 3.48. The fraction of sp³-hybridized carbons (Fsp3) is 0.263. The molecule has 2 heterocycles. The Balaban J connectivity index is 1.76. The second-order valence-electron chi connectivity index (χ2n) is 6.47. The van der Waals surface area contributed by atoms with Crippen molar-refractivity contribution in [2.45, 2.75) is 18.5 Å². The molecule has 146 valence electrons. The van der Waals surface area contributed by atoms with Gasteiger partial charge in [0.1, 0.15) is 0 Å². The molecule has 3 aromatic rings. The summed E-state index contributed by atoms with van der Waals surface area (Å²) in [5.74, 6) is 2.13. The van der Waals surface area contributed by atoms with Gasteiger partial charge in [-0.25, -0.2) is 4.68 Å². The number of hydrogen-bond acceptors (Lipinski definition) is 6. The van der Waals surface area contributed by atoms with Crippen LogP contribution >= 0.6 is 23.2 Å². The van der Waals surface area contributed by atoms with Crippen LogP contribution < -0.4 is 20.5 Å². The highest BCUT2D eigenvalue weighted by Gasteiger charge is 2.31. The number of nitrogens with one attached hydrogen (secondary N) is 1. The van der Waals surface area contributed by atoms with Crippen molar-refractivity contribution in [3.63, 3.8) is 0 Å². The normalized spacial score (nSPS) is 18.3. The molecule has 4 rings (SSSR count). The number of fused-ring (bicyclic) bond motifs is 1. The molecule has 0 bridgehead atoms. The van der Waals surface area contributed by atoms with Gasteiger partial charge in [0.25, 0.3) is 0 Å². The molecule has 0 amide bonds. The molecule has 1 aliphatic heterocycles. The summed E-state index contributed by atoms with van der Waals surface area (Å²) >= 11 is 12.3. The zero-order chi connectivity index (χ0) is 19.8. The maximum absolute atomic E-state index is 6.22. The van der Waals surface area contributed by atoms with Crippen LogP contribution in [0.15, 0.2) is 36.4 Å². The van der Waals surface area contributed by atoms with Crippen LogP contribution in [-0.4, -0.2) is 29.0 Å². The minimum atomic E-state index is -0.0969. The number of methoxy groups -OCH3 is 2. The molecule has 0 spiro atoms. The molecule has 0 fully saturated rings. The number of rotatable bonds is 4. The van der Waals surface area contributed by atoms with Gasteiger partial charge in [-0.1, -0.05) is 35.3 Å². The van der Waals surface area contributed by atoms with Crippen LogP contribution in [-0.2, 0) is 0 Å². The standard InChI is InChI=1S/C19H19Cl2N5O2/c1-27-16-6-4-11(8-17(16)28-2)15-9-14(10-3-5-12(20)13(21)7-10)23-19-24-18(22)25-26(15)19/h3-8,14-15H,9H2,1-2H3,(H3,22,23,24,25). The molecule has 0 saturated carbocycles. The summed E-state index contributed by atoms with van der Waals surface area (Å²) in [6.07, 6.45) is 0.712. The van der Waals surface area contributed by atoms with Crippen LogP contribution in [0.5, 0.6) is 11.5 Å². The number of benzene rings is 2. The molecular weight excluding hydrogens is 401 g/mol. The Kier molecular flexibility index (Phi) is 4.95. The smallest absolute Gasteiger partial charge is 0.241 e. The molecule has 2 unspecified atom stereocenters. The average molecular weight is 420 g/mol. The topological polar surface area (TPSA) is 87.2 Å². The third-order valence-electron chi connectivity index (χ3n) is 4.84. The first kappa shape index (κ1) is 18.7. The molecule has 0 aliphatic carbocycles. The first-order chi connectivity index (χ1) is 13.5. The summed E-state index contributed by atoms with van der Waals surface area (Å²) in [5.41, 5.74) is 7.88. The van der Waals surface area contributed by atoms with Crippen LogP contribution in [0.25, 0.3) is 0 Å². The number of anilines is 2. The number of nitrogen functional groups attached to an aromatic ring is 1. The Labute approximate surface area is 172 Å². The third kappa shape index (κ3) is 3.31. The summed E-state index contributed by atoms with van der Waals surface area (Å²) in [6, 6.07) is 11.3.